The lowest BCUT2D eigenvalue weighted by Gasteiger charge is -2.39. The molecule has 0 aromatic heterocycles. The van der Waals surface area contributed by atoms with E-state index in [0.717, 1.165) is 12.8 Å². The average Bonchev–Trinajstić information content (AvgIpc) is 2.57. The Morgan fingerprint density at radius 3 is 2.35 bits per heavy atom. The average molecular weight is 242 g/mol. The number of hydrogen-bond donors (Lipinski definition) is 3. The summed E-state index contributed by atoms with van der Waals surface area (Å²) in [6.07, 6.45) is 2.60. The van der Waals surface area contributed by atoms with E-state index in [0.29, 0.717) is 26.1 Å². The summed E-state index contributed by atoms with van der Waals surface area (Å²) in [5.41, 5.74) is -1.44. The van der Waals surface area contributed by atoms with Gasteiger partial charge in [-0.05, 0) is 32.6 Å². The predicted octanol–water partition coefficient (Wildman–Crippen LogP) is 0.472. The molecule has 0 radical (unpaired) electrons. The zero-order chi connectivity index (χ0) is 12.5. The Bertz CT molecular complexity index is 332. The lowest BCUT2D eigenvalue weighted by molar-refractivity contribution is -0.148. The molecule has 1 saturated carbocycles. The minimum atomic E-state index is -1.06. The smallest absolute Gasteiger partial charge is 0.329 e. The van der Waals surface area contributed by atoms with E-state index in [2.05, 4.69) is 10.6 Å². The SMILES string of the molecule is CC1(NC(=O)NC2(C(=O)O)CCC2)CCOC1. The molecule has 2 amide bonds. The second-order valence-electron chi connectivity index (χ2n) is 5.18. The van der Waals surface area contributed by atoms with Gasteiger partial charge in [-0.25, -0.2) is 9.59 Å². The molecule has 0 spiro atoms. The van der Waals surface area contributed by atoms with Crippen LogP contribution in [0.25, 0.3) is 0 Å². The van der Waals surface area contributed by atoms with Crippen molar-refractivity contribution in [1.29, 1.82) is 0 Å². The molecule has 0 bridgehead atoms. The molecular formula is C11H18N2O4. The van der Waals surface area contributed by atoms with Gasteiger partial charge < -0.3 is 20.5 Å². The Labute approximate surface area is 99.7 Å². The summed E-state index contributed by atoms with van der Waals surface area (Å²) in [7, 11) is 0. The van der Waals surface area contributed by atoms with E-state index in [4.69, 9.17) is 9.84 Å². The normalized spacial score (nSPS) is 30.4. The predicted molar refractivity (Wildman–Crippen MR) is 59.7 cm³/mol. The Morgan fingerprint density at radius 2 is 1.94 bits per heavy atom. The molecule has 1 saturated heterocycles. The number of carbonyl (C=O) groups excluding carboxylic acids is 1. The van der Waals surface area contributed by atoms with Crippen LogP contribution in [0.5, 0.6) is 0 Å². The number of carboxylic acids is 1. The molecule has 0 aromatic carbocycles. The summed E-state index contributed by atoms with van der Waals surface area (Å²) in [6.45, 7) is 3.00. The van der Waals surface area contributed by atoms with Crippen molar-refractivity contribution >= 4 is 12.0 Å². The molecule has 2 rings (SSSR count). The summed E-state index contributed by atoms with van der Waals surface area (Å²) in [6, 6.07) is -0.417. The molecule has 6 nitrogen and oxygen atoms in total. The van der Waals surface area contributed by atoms with Gasteiger partial charge in [0.1, 0.15) is 5.54 Å². The summed E-state index contributed by atoms with van der Waals surface area (Å²) in [4.78, 5) is 22.9. The largest absolute Gasteiger partial charge is 0.480 e. The number of amides is 2. The van der Waals surface area contributed by atoms with Crippen molar-refractivity contribution in [2.24, 2.45) is 0 Å². The Balaban J connectivity index is 1.90. The van der Waals surface area contributed by atoms with Gasteiger partial charge in [-0.1, -0.05) is 0 Å². The fourth-order valence-electron chi connectivity index (χ4n) is 2.21. The van der Waals surface area contributed by atoms with Crippen LogP contribution in [0.2, 0.25) is 0 Å². The monoisotopic (exact) mass is 242 g/mol. The van der Waals surface area contributed by atoms with Gasteiger partial charge in [-0.2, -0.15) is 0 Å². The molecule has 96 valence electrons. The van der Waals surface area contributed by atoms with Crippen molar-refractivity contribution in [2.45, 2.75) is 43.7 Å². The highest BCUT2D eigenvalue weighted by Crippen LogP contribution is 2.32. The first-order valence-corrected chi connectivity index (χ1v) is 5.87. The van der Waals surface area contributed by atoms with E-state index in [-0.39, 0.29) is 5.54 Å². The number of rotatable bonds is 3. The van der Waals surface area contributed by atoms with Crippen LogP contribution in [-0.4, -0.2) is 41.4 Å². The lowest BCUT2D eigenvalue weighted by Crippen LogP contribution is -2.63. The standard InChI is InChI=1S/C11H18N2O4/c1-10(5-6-17-7-10)12-9(16)13-11(8(14)15)3-2-4-11/h2-7H2,1H3,(H,14,15)(H2,12,13,16). The summed E-state index contributed by atoms with van der Waals surface area (Å²) in [5, 5.41) is 14.5. The van der Waals surface area contributed by atoms with Gasteiger partial charge >= 0.3 is 12.0 Å². The highest BCUT2D eigenvalue weighted by Gasteiger charge is 2.46. The minimum Gasteiger partial charge on any atom is -0.480 e. The van der Waals surface area contributed by atoms with Crippen LogP contribution < -0.4 is 10.6 Å². The number of nitrogens with one attached hydrogen (secondary N) is 2. The molecule has 17 heavy (non-hydrogen) atoms. The number of urea groups is 1. The van der Waals surface area contributed by atoms with Crippen LogP contribution in [0.15, 0.2) is 0 Å². The Hall–Kier alpha value is -1.30. The Morgan fingerprint density at radius 1 is 1.24 bits per heavy atom. The van der Waals surface area contributed by atoms with Crippen LogP contribution >= 0.6 is 0 Å². The van der Waals surface area contributed by atoms with Crippen molar-refractivity contribution in [2.75, 3.05) is 13.2 Å². The van der Waals surface area contributed by atoms with Crippen molar-refractivity contribution in [3.8, 4) is 0 Å². The summed E-state index contributed by atoms with van der Waals surface area (Å²) >= 11 is 0. The topological polar surface area (TPSA) is 87.7 Å². The van der Waals surface area contributed by atoms with Crippen LogP contribution in [0.3, 0.4) is 0 Å². The van der Waals surface area contributed by atoms with Crippen molar-refractivity contribution in [3.05, 3.63) is 0 Å². The van der Waals surface area contributed by atoms with E-state index >= 15 is 0 Å². The fraction of sp³-hybridized carbons (Fsp3) is 0.818. The molecule has 1 aliphatic carbocycles. The van der Waals surface area contributed by atoms with E-state index in [9.17, 15) is 9.59 Å². The number of aliphatic carboxylic acids is 1. The van der Waals surface area contributed by atoms with Crippen molar-refractivity contribution < 1.29 is 19.4 Å². The summed E-state index contributed by atoms with van der Waals surface area (Å²) in [5.74, 6) is -0.952. The maximum Gasteiger partial charge on any atom is 0.329 e. The maximum atomic E-state index is 11.8. The van der Waals surface area contributed by atoms with Gasteiger partial charge in [0, 0.05) is 6.61 Å². The molecule has 6 heteroatoms. The number of ether oxygens (including phenoxy) is 1. The number of carboxylic acid groups (broad SMARTS) is 1. The molecule has 1 aliphatic heterocycles. The van der Waals surface area contributed by atoms with E-state index in [1.54, 1.807) is 0 Å². The van der Waals surface area contributed by atoms with Crippen LogP contribution in [0, 0.1) is 0 Å². The first kappa shape index (κ1) is 12.2. The van der Waals surface area contributed by atoms with E-state index < -0.39 is 17.5 Å². The van der Waals surface area contributed by atoms with Crippen LogP contribution in [0.4, 0.5) is 4.79 Å². The summed E-state index contributed by atoms with van der Waals surface area (Å²) < 4.78 is 5.22. The maximum absolute atomic E-state index is 11.8. The first-order chi connectivity index (χ1) is 7.96. The van der Waals surface area contributed by atoms with Crippen LogP contribution in [-0.2, 0) is 9.53 Å². The lowest BCUT2D eigenvalue weighted by atomic mass is 9.77. The van der Waals surface area contributed by atoms with Crippen molar-refractivity contribution in [1.82, 2.24) is 10.6 Å². The fourth-order valence-corrected chi connectivity index (χ4v) is 2.21. The van der Waals surface area contributed by atoms with E-state index in [1.807, 2.05) is 6.92 Å². The van der Waals surface area contributed by atoms with Gasteiger partial charge in [0.2, 0.25) is 0 Å². The van der Waals surface area contributed by atoms with Gasteiger partial charge in [0.25, 0.3) is 0 Å². The van der Waals surface area contributed by atoms with Crippen LogP contribution in [0.1, 0.15) is 32.6 Å². The minimum absolute atomic E-state index is 0.381. The van der Waals surface area contributed by atoms with E-state index in [1.165, 1.54) is 0 Å². The highest BCUT2D eigenvalue weighted by molar-refractivity contribution is 5.87. The first-order valence-electron chi connectivity index (χ1n) is 5.87. The van der Waals surface area contributed by atoms with Gasteiger partial charge in [-0.15, -0.1) is 0 Å². The molecule has 2 aliphatic rings. The van der Waals surface area contributed by atoms with Gasteiger partial charge in [-0.3, -0.25) is 0 Å². The third-order valence-corrected chi connectivity index (χ3v) is 3.60. The molecule has 1 heterocycles. The quantitative estimate of drug-likeness (QED) is 0.671. The Kier molecular flexibility index (Phi) is 2.99. The molecule has 1 atom stereocenters. The molecule has 2 fully saturated rings. The highest BCUT2D eigenvalue weighted by atomic mass is 16.5. The molecular weight excluding hydrogens is 224 g/mol. The third-order valence-electron chi connectivity index (χ3n) is 3.60. The zero-order valence-electron chi connectivity index (χ0n) is 9.91. The number of hydrogen-bond acceptors (Lipinski definition) is 3. The van der Waals surface area contributed by atoms with Gasteiger partial charge in [0.15, 0.2) is 0 Å². The molecule has 0 aromatic rings. The zero-order valence-corrected chi connectivity index (χ0v) is 9.91. The van der Waals surface area contributed by atoms with Crippen molar-refractivity contribution in [3.63, 3.8) is 0 Å². The second kappa shape index (κ2) is 4.18. The number of carbonyl (C=O) groups is 2. The molecule has 3 N–H and O–H groups in total. The third kappa shape index (κ3) is 2.36. The second-order valence-corrected chi connectivity index (χ2v) is 5.18. The molecule has 1 unspecified atom stereocenters. The van der Waals surface area contributed by atoms with Gasteiger partial charge in [0.05, 0.1) is 12.1 Å².